The monoisotopic (exact) mass is 306 g/mol. The Balaban J connectivity index is 1.74. The number of nitrogens with zero attached hydrogens (tertiary/aromatic N) is 1. The first kappa shape index (κ1) is 14.6. The molecule has 0 saturated carbocycles. The Hall–Kier alpha value is -1.33. The minimum Gasteiger partial charge on any atom is -0.346 e. The summed E-state index contributed by atoms with van der Waals surface area (Å²) in [6, 6.07) is 8.73. The lowest BCUT2D eigenvalue weighted by molar-refractivity contribution is 0.457. The number of aromatic nitrogens is 1. The molecular weight excluding hydrogens is 284 g/mol. The maximum Gasteiger partial charge on any atom is 0.150 e. The fourth-order valence-electron chi connectivity index (χ4n) is 3.22. The van der Waals surface area contributed by atoms with Gasteiger partial charge in [-0.05, 0) is 31.4 Å². The van der Waals surface area contributed by atoms with E-state index in [0.717, 1.165) is 19.4 Å². The Morgan fingerprint density at radius 1 is 1.24 bits per heavy atom. The van der Waals surface area contributed by atoms with Crippen LogP contribution >= 0.6 is 0 Å². The van der Waals surface area contributed by atoms with E-state index in [1.165, 1.54) is 22.2 Å². The first-order chi connectivity index (χ1) is 9.98. The molecule has 5 heteroatoms. The van der Waals surface area contributed by atoms with Gasteiger partial charge in [-0.3, -0.25) is 0 Å². The highest BCUT2D eigenvalue weighted by atomic mass is 32.2. The van der Waals surface area contributed by atoms with E-state index in [1.54, 1.807) is 0 Å². The molecule has 0 aliphatic carbocycles. The summed E-state index contributed by atoms with van der Waals surface area (Å²) in [5.74, 6) is 0.636. The first-order valence-corrected chi connectivity index (χ1v) is 9.27. The maximum absolute atomic E-state index is 11.5. The van der Waals surface area contributed by atoms with Gasteiger partial charge in [0.05, 0.1) is 11.5 Å². The molecule has 3 rings (SSSR count). The quantitative estimate of drug-likeness (QED) is 0.945. The molecule has 1 aliphatic heterocycles. The standard InChI is InChI=1S/C16H22N2O2S/c1-12-14-5-3-4-6-15(14)18(2)16(12)11-17-13-7-9-21(19,20)10-8-13/h3-6,13,17H,7-11H2,1-2H3. The molecule has 0 radical (unpaired) electrons. The SMILES string of the molecule is Cc1c(CNC2CCS(=O)(=O)CC2)n(C)c2ccccc12. The summed E-state index contributed by atoms with van der Waals surface area (Å²) in [7, 11) is -0.686. The molecule has 1 aliphatic rings. The molecule has 1 saturated heterocycles. The van der Waals surface area contributed by atoms with Gasteiger partial charge in [-0.1, -0.05) is 18.2 Å². The van der Waals surface area contributed by atoms with Gasteiger partial charge in [0.1, 0.15) is 9.84 Å². The second-order valence-electron chi connectivity index (χ2n) is 5.95. The molecule has 1 aromatic carbocycles. The van der Waals surface area contributed by atoms with Crippen LogP contribution in [0.25, 0.3) is 10.9 Å². The molecule has 1 aromatic heterocycles. The predicted molar refractivity (Wildman–Crippen MR) is 86.2 cm³/mol. The first-order valence-electron chi connectivity index (χ1n) is 7.44. The minimum atomic E-state index is -2.78. The van der Waals surface area contributed by atoms with E-state index >= 15 is 0 Å². The molecular formula is C16H22N2O2S. The van der Waals surface area contributed by atoms with E-state index in [9.17, 15) is 8.42 Å². The third-order valence-corrected chi connectivity index (χ3v) is 6.34. The predicted octanol–water partition coefficient (Wildman–Crippen LogP) is 2.15. The molecule has 1 fully saturated rings. The molecule has 0 bridgehead atoms. The van der Waals surface area contributed by atoms with Crippen LogP contribution in [0.2, 0.25) is 0 Å². The second kappa shape index (κ2) is 5.46. The van der Waals surface area contributed by atoms with Crippen LogP contribution < -0.4 is 5.32 Å². The second-order valence-corrected chi connectivity index (χ2v) is 8.26. The molecule has 21 heavy (non-hydrogen) atoms. The van der Waals surface area contributed by atoms with E-state index in [1.807, 2.05) is 0 Å². The largest absolute Gasteiger partial charge is 0.346 e. The Bertz CT molecular complexity index is 709. The number of para-hydroxylation sites is 1. The van der Waals surface area contributed by atoms with Crippen molar-refractivity contribution in [1.82, 2.24) is 9.88 Å². The lowest BCUT2D eigenvalue weighted by Crippen LogP contribution is -2.37. The fourth-order valence-corrected chi connectivity index (χ4v) is 4.71. The van der Waals surface area contributed by atoms with Gasteiger partial charge >= 0.3 is 0 Å². The van der Waals surface area contributed by atoms with Gasteiger partial charge < -0.3 is 9.88 Å². The van der Waals surface area contributed by atoms with Gasteiger partial charge in [0.2, 0.25) is 0 Å². The maximum atomic E-state index is 11.5. The van der Waals surface area contributed by atoms with E-state index in [2.05, 4.69) is 48.1 Å². The van der Waals surface area contributed by atoms with Gasteiger partial charge in [-0.2, -0.15) is 0 Å². The summed E-state index contributed by atoms with van der Waals surface area (Å²) in [4.78, 5) is 0. The van der Waals surface area contributed by atoms with Crippen molar-refractivity contribution >= 4 is 20.7 Å². The molecule has 2 heterocycles. The zero-order valence-corrected chi connectivity index (χ0v) is 13.4. The van der Waals surface area contributed by atoms with Crippen molar-refractivity contribution in [3.63, 3.8) is 0 Å². The average Bonchev–Trinajstić information content (AvgIpc) is 2.71. The van der Waals surface area contributed by atoms with Gasteiger partial charge in [-0.15, -0.1) is 0 Å². The lowest BCUT2D eigenvalue weighted by atomic mass is 10.1. The Morgan fingerprint density at radius 2 is 1.90 bits per heavy atom. The van der Waals surface area contributed by atoms with Crippen LogP contribution in [0.15, 0.2) is 24.3 Å². The van der Waals surface area contributed by atoms with Crippen molar-refractivity contribution in [2.45, 2.75) is 32.4 Å². The molecule has 4 nitrogen and oxygen atoms in total. The number of fused-ring (bicyclic) bond motifs is 1. The highest BCUT2D eigenvalue weighted by molar-refractivity contribution is 7.91. The molecule has 0 unspecified atom stereocenters. The van der Waals surface area contributed by atoms with Crippen molar-refractivity contribution in [1.29, 1.82) is 0 Å². The Labute approximate surface area is 126 Å². The highest BCUT2D eigenvalue weighted by Crippen LogP contribution is 2.24. The molecule has 0 atom stereocenters. The third-order valence-electron chi connectivity index (χ3n) is 4.62. The molecule has 2 aromatic rings. The van der Waals surface area contributed by atoms with Crippen molar-refractivity contribution < 1.29 is 8.42 Å². The molecule has 114 valence electrons. The Morgan fingerprint density at radius 3 is 2.57 bits per heavy atom. The highest BCUT2D eigenvalue weighted by Gasteiger charge is 2.23. The van der Waals surface area contributed by atoms with E-state index < -0.39 is 9.84 Å². The van der Waals surface area contributed by atoms with Crippen LogP contribution in [-0.2, 0) is 23.4 Å². The summed E-state index contributed by atoms with van der Waals surface area (Å²) >= 11 is 0. The topological polar surface area (TPSA) is 51.1 Å². The van der Waals surface area contributed by atoms with Crippen LogP contribution in [0.5, 0.6) is 0 Å². The summed E-state index contributed by atoms with van der Waals surface area (Å²) in [6.07, 6.45) is 1.46. The number of hydrogen-bond donors (Lipinski definition) is 1. The van der Waals surface area contributed by atoms with Gasteiger partial charge in [0.25, 0.3) is 0 Å². The van der Waals surface area contributed by atoms with Crippen molar-refractivity contribution in [3.8, 4) is 0 Å². The summed E-state index contributed by atoms with van der Waals surface area (Å²) in [5.41, 5.74) is 3.84. The minimum absolute atomic E-state index is 0.311. The number of benzene rings is 1. The lowest BCUT2D eigenvalue weighted by Gasteiger charge is -2.23. The summed E-state index contributed by atoms with van der Waals surface area (Å²) < 4.78 is 25.2. The number of aryl methyl sites for hydroxylation is 2. The fraction of sp³-hybridized carbons (Fsp3) is 0.500. The van der Waals surface area contributed by atoms with Gasteiger partial charge in [0.15, 0.2) is 0 Å². The summed E-state index contributed by atoms with van der Waals surface area (Å²) in [6.45, 7) is 2.95. The zero-order chi connectivity index (χ0) is 15.0. The molecule has 0 spiro atoms. The number of sulfone groups is 1. The van der Waals surface area contributed by atoms with E-state index in [-0.39, 0.29) is 0 Å². The zero-order valence-electron chi connectivity index (χ0n) is 12.6. The number of nitrogens with one attached hydrogen (secondary N) is 1. The van der Waals surface area contributed by atoms with Crippen molar-refractivity contribution in [3.05, 3.63) is 35.5 Å². The van der Waals surface area contributed by atoms with Crippen LogP contribution in [0.3, 0.4) is 0 Å². The van der Waals surface area contributed by atoms with Gasteiger partial charge in [-0.25, -0.2) is 8.42 Å². The average molecular weight is 306 g/mol. The van der Waals surface area contributed by atoms with E-state index in [0.29, 0.717) is 17.5 Å². The van der Waals surface area contributed by atoms with Crippen molar-refractivity contribution in [2.24, 2.45) is 7.05 Å². The van der Waals surface area contributed by atoms with Crippen LogP contribution in [-0.4, -0.2) is 30.5 Å². The van der Waals surface area contributed by atoms with Crippen LogP contribution in [0, 0.1) is 6.92 Å². The van der Waals surface area contributed by atoms with Crippen LogP contribution in [0.4, 0.5) is 0 Å². The smallest absolute Gasteiger partial charge is 0.150 e. The molecule has 0 amide bonds. The summed E-state index contributed by atoms with van der Waals surface area (Å²) in [5, 5.41) is 4.83. The Kier molecular flexibility index (Phi) is 3.80. The van der Waals surface area contributed by atoms with Crippen LogP contribution in [0.1, 0.15) is 24.1 Å². The number of hydrogen-bond acceptors (Lipinski definition) is 3. The van der Waals surface area contributed by atoms with Gasteiger partial charge in [0, 0.05) is 36.2 Å². The van der Waals surface area contributed by atoms with E-state index in [4.69, 9.17) is 0 Å². The number of rotatable bonds is 3. The normalized spacial score (nSPS) is 19.1. The van der Waals surface area contributed by atoms with Crippen molar-refractivity contribution in [2.75, 3.05) is 11.5 Å². The molecule has 1 N–H and O–H groups in total. The third kappa shape index (κ3) is 2.85.